The van der Waals surface area contributed by atoms with E-state index in [2.05, 4.69) is 5.10 Å². The molecular formula is C12H11F4N3. The third-order valence-electron chi connectivity index (χ3n) is 2.69. The van der Waals surface area contributed by atoms with E-state index in [0.717, 1.165) is 12.1 Å². The minimum atomic E-state index is -4.58. The number of anilines is 1. The van der Waals surface area contributed by atoms with Gasteiger partial charge in [-0.05, 0) is 30.7 Å². The van der Waals surface area contributed by atoms with Gasteiger partial charge in [-0.2, -0.15) is 18.3 Å². The summed E-state index contributed by atoms with van der Waals surface area (Å²) in [6, 6.07) is 2.38. The van der Waals surface area contributed by atoms with Gasteiger partial charge < -0.3 is 5.73 Å². The van der Waals surface area contributed by atoms with Crippen LogP contribution in [-0.4, -0.2) is 9.78 Å². The van der Waals surface area contributed by atoms with Gasteiger partial charge in [-0.25, -0.2) is 9.07 Å². The van der Waals surface area contributed by atoms with Crippen LogP contribution in [0, 0.1) is 12.7 Å². The Labute approximate surface area is 106 Å². The molecule has 0 radical (unpaired) electrons. The number of nitrogen functional groups attached to an aromatic ring is 1. The highest BCUT2D eigenvalue weighted by molar-refractivity contribution is 5.38. The average molecular weight is 273 g/mol. The smallest absolute Gasteiger partial charge is 0.384 e. The second-order valence-corrected chi connectivity index (χ2v) is 4.22. The van der Waals surface area contributed by atoms with Crippen LogP contribution in [0.3, 0.4) is 0 Å². The predicted octanol–water partition coefficient (Wildman–Crippen LogP) is 2.98. The Morgan fingerprint density at radius 1 is 1.26 bits per heavy atom. The molecule has 1 aromatic carbocycles. The molecule has 2 aromatic rings. The van der Waals surface area contributed by atoms with Crippen LogP contribution in [0.15, 0.2) is 24.4 Å². The minimum Gasteiger partial charge on any atom is -0.384 e. The van der Waals surface area contributed by atoms with Crippen molar-refractivity contribution in [3.63, 3.8) is 0 Å². The maximum absolute atomic E-state index is 13.2. The molecule has 0 fully saturated rings. The van der Waals surface area contributed by atoms with Crippen molar-refractivity contribution >= 4 is 5.82 Å². The van der Waals surface area contributed by atoms with Crippen LogP contribution in [0.2, 0.25) is 0 Å². The molecule has 0 aliphatic carbocycles. The van der Waals surface area contributed by atoms with E-state index in [1.54, 1.807) is 6.92 Å². The van der Waals surface area contributed by atoms with Gasteiger partial charge in [0.25, 0.3) is 0 Å². The number of nitrogens with zero attached hydrogens (tertiary/aromatic N) is 2. The monoisotopic (exact) mass is 273 g/mol. The molecule has 0 spiro atoms. The van der Waals surface area contributed by atoms with E-state index in [0.29, 0.717) is 17.4 Å². The van der Waals surface area contributed by atoms with E-state index in [1.165, 1.54) is 10.9 Å². The van der Waals surface area contributed by atoms with Crippen LogP contribution >= 0.6 is 0 Å². The fourth-order valence-corrected chi connectivity index (χ4v) is 1.69. The van der Waals surface area contributed by atoms with E-state index >= 15 is 0 Å². The molecule has 1 heterocycles. The number of halogens is 4. The molecule has 102 valence electrons. The van der Waals surface area contributed by atoms with Gasteiger partial charge in [-0.1, -0.05) is 0 Å². The fourth-order valence-electron chi connectivity index (χ4n) is 1.69. The Kier molecular flexibility index (Phi) is 3.21. The lowest BCUT2D eigenvalue weighted by Crippen LogP contribution is -2.10. The van der Waals surface area contributed by atoms with Crippen LogP contribution < -0.4 is 5.73 Å². The van der Waals surface area contributed by atoms with Gasteiger partial charge in [-0.15, -0.1) is 0 Å². The zero-order valence-corrected chi connectivity index (χ0v) is 10.0. The summed E-state index contributed by atoms with van der Waals surface area (Å²) in [6.45, 7) is 1.71. The molecule has 1 aromatic heterocycles. The number of benzene rings is 1. The minimum absolute atomic E-state index is 0.0134. The van der Waals surface area contributed by atoms with Gasteiger partial charge in [-0.3, -0.25) is 0 Å². The Bertz CT molecular complexity index is 602. The number of hydrogen-bond acceptors (Lipinski definition) is 2. The van der Waals surface area contributed by atoms with Gasteiger partial charge in [0.1, 0.15) is 11.6 Å². The van der Waals surface area contributed by atoms with Gasteiger partial charge in [0.2, 0.25) is 0 Å². The lowest BCUT2D eigenvalue weighted by atomic mass is 10.1. The van der Waals surface area contributed by atoms with Crippen LogP contribution in [-0.2, 0) is 12.7 Å². The number of alkyl halides is 3. The first-order valence-corrected chi connectivity index (χ1v) is 5.42. The summed E-state index contributed by atoms with van der Waals surface area (Å²) in [5.74, 6) is -0.593. The SMILES string of the molecule is Cc1cnn(Cc2cc(F)cc(C(F)(F)F)c2)c1N. The Balaban J connectivity index is 2.36. The molecule has 0 bridgehead atoms. The molecular weight excluding hydrogens is 262 g/mol. The molecule has 0 aliphatic rings. The highest BCUT2D eigenvalue weighted by Crippen LogP contribution is 2.30. The summed E-state index contributed by atoms with van der Waals surface area (Å²) in [7, 11) is 0. The normalized spacial score (nSPS) is 11.8. The van der Waals surface area contributed by atoms with Crippen LogP contribution in [0.1, 0.15) is 16.7 Å². The highest BCUT2D eigenvalue weighted by atomic mass is 19.4. The maximum Gasteiger partial charge on any atom is 0.416 e. The summed E-state index contributed by atoms with van der Waals surface area (Å²) >= 11 is 0. The first-order valence-electron chi connectivity index (χ1n) is 5.42. The van der Waals surface area contributed by atoms with Gasteiger partial charge in [0, 0.05) is 5.56 Å². The van der Waals surface area contributed by atoms with Crippen molar-refractivity contribution < 1.29 is 17.6 Å². The number of aryl methyl sites for hydroxylation is 1. The van der Waals surface area contributed by atoms with Crippen LogP contribution in [0.4, 0.5) is 23.4 Å². The van der Waals surface area contributed by atoms with E-state index in [1.807, 2.05) is 0 Å². The third kappa shape index (κ3) is 2.86. The lowest BCUT2D eigenvalue weighted by Gasteiger charge is -2.10. The second-order valence-electron chi connectivity index (χ2n) is 4.22. The van der Waals surface area contributed by atoms with E-state index in [-0.39, 0.29) is 12.1 Å². The van der Waals surface area contributed by atoms with E-state index in [9.17, 15) is 17.6 Å². The molecule has 0 aliphatic heterocycles. The molecule has 0 atom stereocenters. The Morgan fingerprint density at radius 3 is 2.47 bits per heavy atom. The van der Waals surface area contributed by atoms with Gasteiger partial charge in [0.15, 0.2) is 0 Å². The zero-order valence-electron chi connectivity index (χ0n) is 10.0. The zero-order chi connectivity index (χ0) is 14.2. The summed E-state index contributed by atoms with van der Waals surface area (Å²) in [4.78, 5) is 0. The molecule has 0 amide bonds. The molecule has 0 saturated heterocycles. The first kappa shape index (κ1) is 13.4. The molecule has 2 N–H and O–H groups in total. The Hall–Kier alpha value is -2.05. The van der Waals surface area contributed by atoms with Crippen molar-refractivity contribution in [2.45, 2.75) is 19.6 Å². The third-order valence-corrected chi connectivity index (χ3v) is 2.69. The predicted molar refractivity (Wildman–Crippen MR) is 61.9 cm³/mol. The molecule has 7 heteroatoms. The molecule has 0 saturated carbocycles. The summed E-state index contributed by atoms with van der Waals surface area (Å²) in [5, 5.41) is 3.92. The van der Waals surface area contributed by atoms with Crippen molar-refractivity contribution in [2.24, 2.45) is 0 Å². The molecule has 2 rings (SSSR count). The molecule has 19 heavy (non-hydrogen) atoms. The topological polar surface area (TPSA) is 43.8 Å². The summed E-state index contributed by atoms with van der Waals surface area (Å²) in [6.07, 6.45) is -3.08. The summed E-state index contributed by atoms with van der Waals surface area (Å²) < 4.78 is 52.2. The summed E-state index contributed by atoms with van der Waals surface area (Å²) in [5.41, 5.74) is 5.54. The maximum atomic E-state index is 13.2. The van der Waals surface area contributed by atoms with Gasteiger partial charge in [0.05, 0.1) is 18.3 Å². The van der Waals surface area contributed by atoms with Crippen molar-refractivity contribution in [1.29, 1.82) is 0 Å². The number of nitrogens with two attached hydrogens (primary N) is 1. The number of aromatic nitrogens is 2. The fraction of sp³-hybridized carbons (Fsp3) is 0.250. The van der Waals surface area contributed by atoms with E-state index in [4.69, 9.17) is 5.73 Å². The molecule has 0 unspecified atom stereocenters. The largest absolute Gasteiger partial charge is 0.416 e. The van der Waals surface area contributed by atoms with E-state index < -0.39 is 17.6 Å². The van der Waals surface area contributed by atoms with Crippen LogP contribution in [0.5, 0.6) is 0 Å². The Morgan fingerprint density at radius 2 is 1.95 bits per heavy atom. The van der Waals surface area contributed by atoms with Crippen molar-refractivity contribution in [3.8, 4) is 0 Å². The first-order chi connectivity index (χ1) is 8.77. The second kappa shape index (κ2) is 4.56. The number of rotatable bonds is 2. The van der Waals surface area contributed by atoms with Crippen molar-refractivity contribution in [2.75, 3.05) is 5.73 Å². The standard InChI is InChI=1S/C12H11F4N3/c1-7-5-18-19(11(7)17)6-8-2-9(12(14,15)16)4-10(13)3-8/h2-5H,6,17H2,1H3. The van der Waals surface area contributed by atoms with Gasteiger partial charge >= 0.3 is 6.18 Å². The highest BCUT2D eigenvalue weighted by Gasteiger charge is 2.31. The average Bonchev–Trinajstić information content (AvgIpc) is 2.59. The lowest BCUT2D eigenvalue weighted by molar-refractivity contribution is -0.137. The number of hydrogen-bond donors (Lipinski definition) is 1. The quantitative estimate of drug-likeness (QED) is 0.855. The molecule has 3 nitrogen and oxygen atoms in total. The van der Waals surface area contributed by atoms with Crippen molar-refractivity contribution in [1.82, 2.24) is 9.78 Å². The van der Waals surface area contributed by atoms with Crippen LogP contribution in [0.25, 0.3) is 0 Å². The van der Waals surface area contributed by atoms with Crippen molar-refractivity contribution in [3.05, 3.63) is 46.9 Å².